The van der Waals surface area contributed by atoms with Crippen molar-refractivity contribution in [3.8, 4) is 0 Å². The van der Waals surface area contributed by atoms with Crippen LogP contribution in [0.1, 0.15) is 44.9 Å². The van der Waals surface area contributed by atoms with E-state index < -0.39 is 0 Å². The van der Waals surface area contributed by atoms with E-state index in [1.807, 2.05) is 0 Å². The average Bonchev–Trinajstić information content (AvgIpc) is 2.30. The van der Waals surface area contributed by atoms with Gasteiger partial charge in [0.15, 0.2) is 0 Å². The van der Waals surface area contributed by atoms with Crippen molar-refractivity contribution in [1.29, 1.82) is 0 Å². The van der Waals surface area contributed by atoms with Crippen LogP contribution in [0.4, 0.5) is 0 Å². The molecule has 2 rings (SSSR count). The van der Waals surface area contributed by atoms with E-state index in [2.05, 4.69) is 4.90 Å². The number of nitrogens with two attached hydrogens (primary N) is 1. The third kappa shape index (κ3) is 2.48. The van der Waals surface area contributed by atoms with Gasteiger partial charge >= 0.3 is 0 Å². The second-order valence-electron chi connectivity index (χ2n) is 5.02. The van der Waals surface area contributed by atoms with Crippen LogP contribution in [0.15, 0.2) is 0 Å². The Morgan fingerprint density at radius 1 is 1.00 bits per heavy atom. The van der Waals surface area contributed by atoms with Crippen LogP contribution in [-0.4, -0.2) is 30.6 Å². The van der Waals surface area contributed by atoms with Crippen LogP contribution in [0.5, 0.6) is 0 Å². The van der Waals surface area contributed by atoms with Crippen molar-refractivity contribution in [1.82, 2.24) is 4.90 Å². The van der Waals surface area contributed by atoms with Gasteiger partial charge in [0.2, 0.25) is 0 Å². The molecule has 0 spiro atoms. The Bertz CT molecular complexity index is 164. The molecule has 2 fully saturated rings. The smallest absolute Gasteiger partial charge is 0.00983 e. The van der Waals surface area contributed by atoms with Gasteiger partial charge in [0, 0.05) is 6.04 Å². The molecule has 1 aliphatic carbocycles. The van der Waals surface area contributed by atoms with Crippen LogP contribution in [0.2, 0.25) is 0 Å². The maximum atomic E-state index is 5.78. The number of rotatable bonds is 2. The molecule has 0 aromatic carbocycles. The summed E-state index contributed by atoms with van der Waals surface area (Å²) in [5, 5.41) is 0. The minimum absolute atomic E-state index is 0.815. The fourth-order valence-corrected chi connectivity index (χ4v) is 3.09. The molecule has 2 aliphatic rings. The van der Waals surface area contributed by atoms with E-state index in [0.717, 1.165) is 18.5 Å². The van der Waals surface area contributed by atoms with Gasteiger partial charge in [-0.05, 0) is 57.7 Å². The first-order chi connectivity index (χ1) is 6.90. The van der Waals surface area contributed by atoms with Gasteiger partial charge in [0.1, 0.15) is 0 Å². The molecule has 2 nitrogen and oxygen atoms in total. The van der Waals surface area contributed by atoms with E-state index in [9.17, 15) is 0 Å². The molecule has 0 bridgehead atoms. The molecule has 2 atom stereocenters. The normalized spacial score (nSPS) is 35.8. The van der Waals surface area contributed by atoms with Gasteiger partial charge in [-0.2, -0.15) is 0 Å². The van der Waals surface area contributed by atoms with Crippen LogP contribution in [-0.2, 0) is 0 Å². The molecule has 1 saturated heterocycles. The van der Waals surface area contributed by atoms with Crippen LogP contribution in [0.3, 0.4) is 0 Å². The van der Waals surface area contributed by atoms with Crippen LogP contribution < -0.4 is 5.73 Å². The van der Waals surface area contributed by atoms with E-state index in [-0.39, 0.29) is 0 Å². The van der Waals surface area contributed by atoms with Gasteiger partial charge in [-0.3, -0.25) is 0 Å². The molecule has 14 heavy (non-hydrogen) atoms. The lowest BCUT2D eigenvalue weighted by molar-refractivity contribution is 0.111. The topological polar surface area (TPSA) is 29.3 Å². The van der Waals surface area contributed by atoms with Crippen molar-refractivity contribution in [2.75, 3.05) is 19.6 Å². The molecule has 0 aromatic rings. The Kier molecular flexibility index (Phi) is 3.82. The summed E-state index contributed by atoms with van der Waals surface area (Å²) < 4.78 is 0. The monoisotopic (exact) mass is 196 g/mol. The molecule has 1 heterocycles. The first kappa shape index (κ1) is 10.4. The zero-order valence-electron chi connectivity index (χ0n) is 9.25. The fourth-order valence-electron chi connectivity index (χ4n) is 3.09. The highest BCUT2D eigenvalue weighted by Gasteiger charge is 2.26. The third-order valence-electron chi connectivity index (χ3n) is 4.00. The van der Waals surface area contributed by atoms with Gasteiger partial charge in [-0.1, -0.05) is 12.8 Å². The molecular weight excluding hydrogens is 172 g/mol. The Morgan fingerprint density at radius 2 is 1.79 bits per heavy atom. The lowest BCUT2D eigenvalue weighted by Gasteiger charge is -2.39. The van der Waals surface area contributed by atoms with Crippen molar-refractivity contribution >= 4 is 0 Å². The Balaban J connectivity index is 1.83. The van der Waals surface area contributed by atoms with Gasteiger partial charge in [-0.25, -0.2) is 0 Å². The summed E-state index contributed by atoms with van der Waals surface area (Å²) in [6.07, 6.45) is 9.87. The summed E-state index contributed by atoms with van der Waals surface area (Å²) in [4.78, 5) is 2.73. The molecule has 1 saturated carbocycles. The molecule has 2 unspecified atom stereocenters. The molecule has 82 valence electrons. The minimum atomic E-state index is 0.815. The standard InChI is InChI=1S/C12H24N2/c13-10-11-5-4-6-12(9-11)14-7-2-1-3-8-14/h11-12H,1-10,13H2. The number of nitrogens with zero attached hydrogens (tertiary/aromatic N) is 1. The van der Waals surface area contributed by atoms with Crippen molar-refractivity contribution in [2.24, 2.45) is 11.7 Å². The lowest BCUT2D eigenvalue weighted by Crippen LogP contribution is -2.42. The van der Waals surface area contributed by atoms with E-state index in [4.69, 9.17) is 5.73 Å². The highest BCUT2D eigenvalue weighted by atomic mass is 15.2. The number of hydrogen-bond donors (Lipinski definition) is 1. The van der Waals surface area contributed by atoms with Crippen molar-refractivity contribution in [3.05, 3.63) is 0 Å². The Morgan fingerprint density at radius 3 is 2.50 bits per heavy atom. The van der Waals surface area contributed by atoms with E-state index >= 15 is 0 Å². The van der Waals surface area contributed by atoms with Crippen LogP contribution in [0, 0.1) is 5.92 Å². The highest BCUT2D eigenvalue weighted by molar-refractivity contribution is 4.82. The quantitative estimate of drug-likeness (QED) is 0.732. The predicted molar refractivity (Wildman–Crippen MR) is 60.2 cm³/mol. The molecule has 2 heteroatoms. The first-order valence-corrected chi connectivity index (χ1v) is 6.34. The fraction of sp³-hybridized carbons (Fsp3) is 1.00. The lowest BCUT2D eigenvalue weighted by atomic mass is 9.84. The zero-order valence-corrected chi connectivity index (χ0v) is 9.25. The number of likely N-dealkylation sites (tertiary alicyclic amines) is 1. The molecule has 0 radical (unpaired) electrons. The highest BCUT2D eigenvalue weighted by Crippen LogP contribution is 2.28. The molecule has 0 amide bonds. The average molecular weight is 196 g/mol. The van der Waals surface area contributed by atoms with E-state index in [1.165, 1.54) is 58.0 Å². The summed E-state index contributed by atoms with van der Waals surface area (Å²) in [6, 6.07) is 0.873. The summed E-state index contributed by atoms with van der Waals surface area (Å²) in [5.74, 6) is 0.815. The summed E-state index contributed by atoms with van der Waals surface area (Å²) in [5.41, 5.74) is 5.78. The summed E-state index contributed by atoms with van der Waals surface area (Å²) in [7, 11) is 0. The molecule has 1 aliphatic heterocycles. The van der Waals surface area contributed by atoms with Gasteiger partial charge in [0.05, 0.1) is 0 Å². The maximum absolute atomic E-state index is 5.78. The van der Waals surface area contributed by atoms with E-state index in [0.29, 0.717) is 0 Å². The SMILES string of the molecule is NCC1CCCC(N2CCCCC2)C1. The minimum Gasteiger partial charge on any atom is -0.330 e. The predicted octanol–water partition coefficient (Wildman–Crippen LogP) is 1.99. The van der Waals surface area contributed by atoms with Crippen molar-refractivity contribution in [2.45, 2.75) is 51.0 Å². The van der Waals surface area contributed by atoms with Gasteiger partial charge < -0.3 is 10.6 Å². The number of hydrogen-bond acceptors (Lipinski definition) is 2. The van der Waals surface area contributed by atoms with Crippen molar-refractivity contribution < 1.29 is 0 Å². The van der Waals surface area contributed by atoms with Gasteiger partial charge in [-0.15, -0.1) is 0 Å². The maximum Gasteiger partial charge on any atom is 0.00983 e. The van der Waals surface area contributed by atoms with Crippen LogP contribution in [0.25, 0.3) is 0 Å². The van der Waals surface area contributed by atoms with Crippen LogP contribution >= 0.6 is 0 Å². The van der Waals surface area contributed by atoms with Crippen molar-refractivity contribution in [3.63, 3.8) is 0 Å². The van der Waals surface area contributed by atoms with E-state index in [1.54, 1.807) is 0 Å². The third-order valence-corrected chi connectivity index (χ3v) is 4.00. The molecular formula is C12H24N2. The molecule has 0 aromatic heterocycles. The van der Waals surface area contributed by atoms with Gasteiger partial charge in [0.25, 0.3) is 0 Å². The summed E-state index contributed by atoms with van der Waals surface area (Å²) in [6.45, 7) is 3.61. The molecule has 2 N–H and O–H groups in total. The Hall–Kier alpha value is -0.0800. The largest absolute Gasteiger partial charge is 0.330 e. The zero-order chi connectivity index (χ0) is 9.80. The Labute approximate surface area is 87.8 Å². The number of piperidine rings is 1. The second kappa shape index (κ2) is 5.13. The summed E-state index contributed by atoms with van der Waals surface area (Å²) >= 11 is 0. The first-order valence-electron chi connectivity index (χ1n) is 6.34. The second-order valence-corrected chi connectivity index (χ2v) is 5.02.